The largest absolute Gasteiger partial charge is 0.391 e. The summed E-state index contributed by atoms with van der Waals surface area (Å²) >= 11 is 0. The maximum Gasteiger partial charge on any atom is 0.271 e. The van der Waals surface area contributed by atoms with Crippen LogP contribution in [0.25, 0.3) is 5.65 Å². The van der Waals surface area contributed by atoms with Crippen LogP contribution in [0, 0.1) is 5.82 Å². The van der Waals surface area contributed by atoms with E-state index in [1.54, 1.807) is 46.0 Å². The molecule has 0 radical (unpaired) electrons. The summed E-state index contributed by atoms with van der Waals surface area (Å²) in [5, 5.41) is 10.1. The standard InChI is InChI=1S/C18H16FN3O2/c19-13-4-1-3-12(9-13)16-10-14(23)11-22(16)18(24)15-5-2-6-17-20-7-8-21(15)17/h1-9,14,16,23H,10-11H2/t14-,16-/m1/s1. The molecular weight excluding hydrogens is 309 g/mol. The van der Waals surface area contributed by atoms with Crippen LogP contribution in [-0.4, -0.2) is 37.9 Å². The van der Waals surface area contributed by atoms with Gasteiger partial charge in [0, 0.05) is 18.9 Å². The first-order chi connectivity index (χ1) is 11.6. The second-order valence-corrected chi connectivity index (χ2v) is 5.98. The van der Waals surface area contributed by atoms with Crippen molar-refractivity contribution in [3.05, 3.63) is 71.9 Å². The quantitative estimate of drug-likeness (QED) is 0.787. The van der Waals surface area contributed by atoms with Crippen LogP contribution in [-0.2, 0) is 0 Å². The monoisotopic (exact) mass is 325 g/mol. The number of hydrogen-bond donors (Lipinski definition) is 1. The van der Waals surface area contributed by atoms with Crippen LogP contribution in [0.15, 0.2) is 54.9 Å². The van der Waals surface area contributed by atoms with Gasteiger partial charge >= 0.3 is 0 Å². The average Bonchev–Trinajstić information content (AvgIpc) is 3.20. The maximum atomic E-state index is 13.6. The Bertz CT molecular complexity index is 908. The van der Waals surface area contributed by atoms with Gasteiger partial charge in [-0.05, 0) is 36.2 Å². The molecule has 24 heavy (non-hydrogen) atoms. The van der Waals surface area contributed by atoms with Crippen LogP contribution in [0.1, 0.15) is 28.5 Å². The van der Waals surface area contributed by atoms with Gasteiger partial charge in [-0.25, -0.2) is 9.37 Å². The van der Waals surface area contributed by atoms with Crippen LogP contribution in [0.3, 0.4) is 0 Å². The topological polar surface area (TPSA) is 57.8 Å². The third-order valence-corrected chi connectivity index (χ3v) is 4.42. The number of fused-ring (bicyclic) bond motifs is 1. The number of amides is 1. The molecule has 0 aliphatic carbocycles. The minimum absolute atomic E-state index is 0.204. The number of aromatic nitrogens is 2. The van der Waals surface area contributed by atoms with Crippen molar-refractivity contribution in [2.45, 2.75) is 18.6 Å². The van der Waals surface area contributed by atoms with Gasteiger partial charge in [-0.2, -0.15) is 0 Å². The Labute approximate surface area is 138 Å². The lowest BCUT2D eigenvalue weighted by Crippen LogP contribution is -2.33. The van der Waals surface area contributed by atoms with E-state index in [2.05, 4.69) is 4.98 Å². The van der Waals surface area contributed by atoms with E-state index in [9.17, 15) is 14.3 Å². The molecule has 1 saturated heterocycles. The van der Waals surface area contributed by atoms with Gasteiger partial charge in [0.05, 0.1) is 12.1 Å². The predicted octanol–water partition coefficient (Wildman–Crippen LogP) is 2.42. The number of rotatable bonds is 2. The minimum atomic E-state index is -0.621. The number of pyridine rings is 1. The normalized spacial score (nSPS) is 20.7. The molecule has 0 saturated carbocycles. The average molecular weight is 325 g/mol. The van der Waals surface area contributed by atoms with Gasteiger partial charge in [0.2, 0.25) is 0 Å². The SMILES string of the molecule is O=C(c1cccc2nccn12)N1C[C@H](O)C[C@@H]1c1cccc(F)c1. The molecule has 0 bridgehead atoms. The van der Waals surface area contributed by atoms with Gasteiger partial charge in [0.15, 0.2) is 0 Å². The number of carbonyl (C=O) groups is 1. The van der Waals surface area contributed by atoms with Crippen molar-refractivity contribution in [2.24, 2.45) is 0 Å². The number of aliphatic hydroxyl groups is 1. The van der Waals surface area contributed by atoms with E-state index < -0.39 is 6.10 Å². The van der Waals surface area contributed by atoms with Crippen molar-refractivity contribution in [2.75, 3.05) is 6.54 Å². The molecule has 5 nitrogen and oxygen atoms in total. The Hall–Kier alpha value is -2.73. The number of benzene rings is 1. The Morgan fingerprint density at radius 1 is 1.25 bits per heavy atom. The fourth-order valence-electron chi connectivity index (χ4n) is 3.34. The molecule has 1 aliphatic rings. The van der Waals surface area contributed by atoms with Crippen molar-refractivity contribution < 1.29 is 14.3 Å². The number of imidazole rings is 1. The second-order valence-electron chi connectivity index (χ2n) is 5.98. The molecule has 2 aromatic heterocycles. The zero-order valence-corrected chi connectivity index (χ0v) is 12.8. The van der Waals surface area contributed by atoms with Crippen molar-refractivity contribution in [3.8, 4) is 0 Å². The number of hydrogen-bond acceptors (Lipinski definition) is 3. The van der Waals surface area contributed by atoms with E-state index in [4.69, 9.17) is 0 Å². The summed E-state index contributed by atoms with van der Waals surface area (Å²) in [5.41, 5.74) is 1.85. The molecule has 1 N–H and O–H groups in total. The first-order valence-electron chi connectivity index (χ1n) is 7.80. The van der Waals surface area contributed by atoms with E-state index in [-0.39, 0.29) is 24.3 Å². The molecule has 0 unspecified atom stereocenters. The third kappa shape index (κ3) is 2.45. The van der Waals surface area contributed by atoms with Crippen molar-refractivity contribution in [1.29, 1.82) is 0 Å². The highest BCUT2D eigenvalue weighted by atomic mass is 19.1. The Balaban J connectivity index is 1.73. The third-order valence-electron chi connectivity index (χ3n) is 4.42. The highest BCUT2D eigenvalue weighted by molar-refractivity contribution is 5.93. The molecule has 2 atom stereocenters. The predicted molar refractivity (Wildman–Crippen MR) is 86.0 cm³/mol. The molecule has 1 amide bonds. The van der Waals surface area contributed by atoms with Crippen LogP contribution < -0.4 is 0 Å². The summed E-state index contributed by atoms with van der Waals surface area (Å²) in [6.07, 6.45) is 3.14. The molecule has 1 aliphatic heterocycles. The molecule has 122 valence electrons. The summed E-state index contributed by atoms with van der Waals surface area (Å²) in [5.74, 6) is -0.553. The molecule has 1 fully saturated rings. The molecule has 3 heterocycles. The number of carbonyl (C=O) groups excluding carboxylic acids is 1. The van der Waals surface area contributed by atoms with Gasteiger partial charge < -0.3 is 10.0 Å². The fourth-order valence-corrected chi connectivity index (χ4v) is 3.34. The van der Waals surface area contributed by atoms with Crippen molar-refractivity contribution >= 4 is 11.6 Å². The van der Waals surface area contributed by atoms with Gasteiger partial charge in [0.25, 0.3) is 5.91 Å². The Morgan fingerprint density at radius 3 is 2.92 bits per heavy atom. The van der Waals surface area contributed by atoms with Gasteiger partial charge in [-0.15, -0.1) is 0 Å². The lowest BCUT2D eigenvalue weighted by molar-refractivity contribution is 0.0708. The number of halogens is 1. The zero-order chi connectivity index (χ0) is 16.7. The lowest BCUT2D eigenvalue weighted by atomic mass is 10.0. The highest BCUT2D eigenvalue weighted by Crippen LogP contribution is 2.33. The van der Waals surface area contributed by atoms with E-state index in [0.717, 1.165) is 0 Å². The molecule has 4 rings (SSSR count). The molecule has 3 aromatic rings. The number of β-amino-alcohol motifs (C(OH)–C–C–N with tert-alkyl or cyclic N) is 1. The molecular formula is C18H16FN3O2. The van der Waals surface area contributed by atoms with Gasteiger partial charge in [-0.3, -0.25) is 9.20 Å². The summed E-state index contributed by atoms with van der Waals surface area (Å²) < 4.78 is 15.3. The summed E-state index contributed by atoms with van der Waals surface area (Å²) in [6, 6.07) is 11.2. The maximum absolute atomic E-state index is 13.6. The van der Waals surface area contributed by atoms with E-state index in [0.29, 0.717) is 23.3 Å². The lowest BCUT2D eigenvalue weighted by Gasteiger charge is -2.25. The molecule has 6 heteroatoms. The number of nitrogens with zero attached hydrogens (tertiary/aromatic N) is 3. The second kappa shape index (κ2) is 5.72. The zero-order valence-electron chi connectivity index (χ0n) is 12.8. The summed E-state index contributed by atoms with van der Waals surface area (Å²) in [6.45, 7) is 0.227. The summed E-state index contributed by atoms with van der Waals surface area (Å²) in [7, 11) is 0. The van der Waals surface area contributed by atoms with E-state index in [1.807, 2.05) is 6.07 Å². The Kier molecular flexibility index (Phi) is 3.54. The Morgan fingerprint density at radius 2 is 2.08 bits per heavy atom. The first kappa shape index (κ1) is 14.8. The first-order valence-corrected chi connectivity index (χ1v) is 7.80. The van der Waals surface area contributed by atoms with E-state index >= 15 is 0 Å². The van der Waals surface area contributed by atoms with Crippen LogP contribution >= 0.6 is 0 Å². The fraction of sp³-hybridized carbons (Fsp3) is 0.222. The molecule has 1 aromatic carbocycles. The van der Waals surface area contributed by atoms with Crippen molar-refractivity contribution in [1.82, 2.24) is 14.3 Å². The summed E-state index contributed by atoms with van der Waals surface area (Å²) in [4.78, 5) is 18.8. The minimum Gasteiger partial charge on any atom is -0.391 e. The van der Waals surface area contributed by atoms with Crippen LogP contribution in [0.2, 0.25) is 0 Å². The van der Waals surface area contributed by atoms with Crippen LogP contribution in [0.5, 0.6) is 0 Å². The van der Waals surface area contributed by atoms with E-state index in [1.165, 1.54) is 12.1 Å². The van der Waals surface area contributed by atoms with Crippen molar-refractivity contribution in [3.63, 3.8) is 0 Å². The smallest absolute Gasteiger partial charge is 0.271 e. The number of likely N-dealkylation sites (tertiary alicyclic amines) is 1. The molecule has 0 spiro atoms. The van der Waals surface area contributed by atoms with Gasteiger partial charge in [0.1, 0.15) is 17.2 Å². The van der Waals surface area contributed by atoms with Gasteiger partial charge in [-0.1, -0.05) is 18.2 Å². The number of aliphatic hydroxyl groups excluding tert-OH is 1. The highest BCUT2D eigenvalue weighted by Gasteiger charge is 2.36. The van der Waals surface area contributed by atoms with Crippen LogP contribution in [0.4, 0.5) is 4.39 Å².